The average molecular weight is 290 g/mol. The molecule has 1 heterocycles. The van der Waals surface area contributed by atoms with Crippen molar-refractivity contribution >= 4 is 22.6 Å². The molecule has 0 amide bonds. The van der Waals surface area contributed by atoms with Gasteiger partial charge in [0.25, 0.3) is 0 Å². The van der Waals surface area contributed by atoms with Gasteiger partial charge in [-0.2, -0.15) is 0 Å². The van der Waals surface area contributed by atoms with Crippen molar-refractivity contribution in [2.24, 2.45) is 5.73 Å². The maximum absolute atomic E-state index is 13.6. The summed E-state index contributed by atoms with van der Waals surface area (Å²) in [5.74, 6) is 0.382. The van der Waals surface area contributed by atoms with Crippen LogP contribution in [0.15, 0.2) is 52.9 Å². The van der Waals surface area contributed by atoms with Crippen LogP contribution >= 0.6 is 11.6 Å². The summed E-state index contributed by atoms with van der Waals surface area (Å²) in [7, 11) is 0. The number of hydrogen-bond acceptors (Lipinski definition) is 2. The molecule has 2 nitrogen and oxygen atoms in total. The minimum Gasteiger partial charge on any atom is -0.459 e. The largest absolute Gasteiger partial charge is 0.459 e. The van der Waals surface area contributed by atoms with E-state index in [-0.39, 0.29) is 5.82 Å². The van der Waals surface area contributed by atoms with Crippen LogP contribution in [0, 0.1) is 5.82 Å². The molecule has 0 spiro atoms. The summed E-state index contributed by atoms with van der Waals surface area (Å²) in [6, 6.07) is 13.5. The van der Waals surface area contributed by atoms with Gasteiger partial charge in [-0.3, -0.25) is 0 Å². The summed E-state index contributed by atoms with van der Waals surface area (Å²) in [5, 5.41) is 1.55. The van der Waals surface area contributed by atoms with Crippen LogP contribution in [0.5, 0.6) is 0 Å². The summed E-state index contributed by atoms with van der Waals surface area (Å²) in [5.41, 5.74) is 7.42. The molecule has 0 bridgehead atoms. The van der Waals surface area contributed by atoms with Gasteiger partial charge in [-0.15, -0.1) is 0 Å². The highest BCUT2D eigenvalue weighted by Crippen LogP contribution is 2.27. The van der Waals surface area contributed by atoms with E-state index in [2.05, 4.69) is 0 Å². The number of rotatable bonds is 3. The summed E-state index contributed by atoms with van der Waals surface area (Å²) in [6.45, 7) is 0. The molecule has 3 aromatic rings. The molecule has 4 heteroatoms. The van der Waals surface area contributed by atoms with Gasteiger partial charge in [0.15, 0.2) is 0 Å². The number of nitrogens with two attached hydrogens (primary N) is 1. The van der Waals surface area contributed by atoms with Gasteiger partial charge in [0, 0.05) is 10.4 Å². The summed E-state index contributed by atoms with van der Waals surface area (Å²) < 4.78 is 19.3. The first-order valence-electron chi connectivity index (χ1n) is 6.31. The Labute approximate surface area is 121 Å². The van der Waals surface area contributed by atoms with E-state index in [1.807, 2.05) is 12.1 Å². The molecule has 1 aromatic heterocycles. The Kier molecular flexibility index (Phi) is 3.47. The van der Waals surface area contributed by atoms with Crippen LogP contribution in [0.1, 0.15) is 17.4 Å². The van der Waals surface area contributed by atoms with Gasteiger partial charge >= 0.3 is 0 Å². The van der Waals surface area contributed by atoms with Gasteiger partial charge in [0.2, 0.25) is 0 Å². The van der Waals surface area contributed by atoms with Gasteiger partial charge in [-0.05, 0) is 42.3 Å². The van der Waals surface area contributed by atoms with Crippen molar-refractivity contribution in [3.63, 3.8) is 0 Å². The van der Waals surface area contributed by atoms with Crippen molar-refractivity contribution in [1.29, 1.82) is 0 Å². The monoisotopic (exact) mass is 289 g/mol. The molecule has 0 aliphatic heterocycles. The van der Waals surface area contributed by atoms with Gasteiger partial charge in [0.05, 0.1) is 6.04 Å². The highest BCUT2D eigenvalue weighted by Gasteiger charge is 2.14. The quantitative estimate of drug-likeness (QED) is 0.773. The van der Waals surface area contributed by atoms with E-state index in [1.54, 1.807) is 30.3 Å². The maximum Gasteiger partial charge on any atom is 0.134 e. The lowest BCUT2D eigenvalue weighted by atomic mass is 10.0. The lowest BCUT2D eigenvalue weighted by molar-refractivity contribution is 0.487. The highest BCUT2D eigenvalue weighted by atomic mass is 35.5. The van der Waals surface area contributed by atoms with Gasteiger partial charge in [-0.1, -0.05) is 29.8 Å². The molecule has 0 radical (unpaired) electrons. The summed E-state index contributed by atoms with van der Waals surface area (Å²) >= 11 is 5.94. The topological polar surface area (TPSA) is 39.2 Å². The highest BCUT2D eigenvalue weighted by molar-refractivity contribution is 6.31. The third-order valence-corrected chi connectivity index (χ3v) is 3.50. The molecule has 1 atom stereocenters. The van der Waals surface area contributed by atoms with Crippen molar-refractivity contribution in [1.82, 2.24) is 0 Å². The zero-order chi connectivity index (χ0) is 14.1. The second kappa shape index (κ2) is 5.27. The predicted octanol–water partition coefficient (Wildman–Crippen LogP) is 4.47. The van der Waals surface area contributed by atoms with Gasteiger partial charge in [-0.25, -0.2) is 4.39 Å². The Morgan fingerprint density at radius 3 is 2.75 bits per heavy atom. The fourth-order valence-corrected chi connectivity index (χ4v) is 2.40. The van der Waals surface area contributed by atoms with E-state index in [0.29, 0.717) is 22.8 Å². The van der Waals surface area contributed by atoms with Crippen molar-refractivity contribution in [3.8, 4) is 0 Å². The van der Waals surface area contributed by atoms with Crippen LogP contribution in [0.25, 0.3) is 11.0 Å². The lowest BCUT2D eigenvalue weighted by Crippen LogP contribution is -2.13. The second-order valence-electron chi connectivity index (χ2n) is 4.73. The van der Waals surface area contributed by atoms with Gasteiger partial charge in [0.1, 0.15) is 17.2 Å². The van der Waals surface area contributed by atoms with Crippen molar-refractivity contribution in [3.05, 3.63) is 70.7 Å². The maximum atomic E-state index is 13.6. The van der Waals surface area contributed by atoms with E-state index >= 15 is 0 Å². The van der Waals surface area contributed by atoms with Crippen LogP contribution in [0.3, 0.4) is 0 Å². The Hall–Kier alpha value is -1.84. The standard InChI is InChI=1S/C16H13ClFNO/c17-12-5-6-15-11(7-12)9-16(20-15)14(19)8-10-3-1-2-4-13(10)18/h1-7,9,14H,8,19H2. The van der Waals surface area contributed by atoms with E-state index in [9.17, 15) is 4.39 Å². The van der Waals surface area contributed by atoms with E-state index in [4.69, 9.17) is 21.8 Å². The van der Waals surface area contributed by atoms with Crippen molar-refractivity contribution < 1.29 is 8.81 Å². The Balaban J connectivity index is 1.89. The number of fused-ring (bicyclic) bond motifs is 1. The average Bonchev–Trinajstić information content (AvgIpc) is 2.84. The zero-order valence-electron chi connectivity index (χ0n) is 10.6. The Bertz CT molecular complexity index is 753. The predicted molar refractivity (Wildman–Crippen MR) is 78.3 cm³/mol. The summed E-state index contributed by atoms with van der Waals surface area (Å²) in [4.78, 5) is 0. The summed E-state index contributed by atoms with van der Waals surface area (Å²) in [6.07, 6.45) is 0.389. The first-order chi connectivity index (χ1) is 9.63. The molecule has 0 saturated carbocycles. The molecule has 3 rings (SSSR count). The van der Waals surface area contributed by atoms with Crippen molar-refractivity contribution in [2.75, 3.05) is 0 Å². The molecule has 0 fully saturated rings. The minimum atomic E-state index is -0.391. The molecule has 2 N–H and O–H groups in total. The molecule has 102 valence electrons. The van der Waals surface area contributed by atoms with Crippen LogP contribution in [0.2, 0.25) is 5.02 Å². The molecular weight excluding hydrogens is 277 g/mol. The molecule has 0 aliphatic rings. The van der Waals surface area contributed by atoms with Crippen LogP contribution < -0.4 is 5.73 Å². The van der Waals surface area contributed by atoms with E-state index in [0.717, 1.165) is 11.0 Å². The first kappa shape index (κ1) is 13.2. The normalized spacial score (nSPS) is 12.8. The Morgan fingerprint density at radius 1 is 1.15 bits per heavy atom. The molecule has 2 aromatic carbocycles. The molecule has 1 unspecified atom stereocenters. The van der Waals surface area contributed by atoms with E-state index < -0.39 is 6.04 Å². The van der Waals surface area contributed by atoms with Crippen LogP contribution in [0.4, 0.5) is 4.39 Å². The third kappa shape index (κ3) is 2.55. The fourth-order valence-electron chi connectivity index (χ4n) is 2.22. The molecule has 0 aliphatic carbocycles. The molecule has 0 saturated heterocycles. The fraction of sp³-hybridized carbons (Fsp3) is 0.125. The number of halogens is 2. The minimum absolute atomic E-state index is 0.248. The number of benzene rings is 2. The Morgan fingerprint density at radius 2 is 1.95 bits per heavy atom. The lowest BCUT2D eigenvalue weighted by Gasteiger charge is -2.09. The van der Waals surface area contributed by atoms with Crippen LogP contribution in [-0.4, -0.2) is 0 Å². The third-order valence-electron chi connectivity index (χ3n) is 3.26. The van der Waals surface area contributed by atoms with Crippen LogP contribution in [-0.2, 0) is 6.42 Å². The number of hydrogen-bond donors (Lipinski definition) is 1. The second-order valence-corrected chi connectivity index (χ2v) is 5.17. The SMILES string of the molecule is NC(Cc1ccccc1F)c1cc2cc(Cl)ccc2o1. The van der Waals surface area contributed by atoms with E-state index in [1.165, 1.54) is 6.07 Å². The number of furan rings is 1. The molecule has 20 heavy (non-hydrogen) atoms. The zero-order valence-corrected chi connectivity index (χ0v) is 11.4. The molecular formula is C16H13ClFNO. The van der Waals surface area contributed by atoms with Crippen molar-refractivity contribution in [2.45, 2.75) is 12.5 Å². The van der Waals surface area contributed by atoms with Gasteiger partial charge < -0.3 is 10.2 Å². The first-order valence-corrected chi connectivity index (χ1v) is 6.69. The smallest absolute Gasteiger partial charge is 0.134 e.